The molecule has 0 atom stereocenters. The largest absolute Gasteiger partial charge is 0.245 e. The molecule has 8 rings (SSSR count). The molecule has 0 spiro atoms. The molecule has 0 saturated heterocycles. The highest BCUT2D eigenvalue weighted by Crippen LogP contribution is 2.39. The van der Waals surface area contributed by atoms with Crippen molar-refractivity contribution in [2.45, 2.75) is 0 Å². The van der Waals surface area contributed by atoms with Gasteiger partial charge in [-0.25, -0.2) is 9.97 Å². The average molecular weight is 547 g/mol. The number of nitrogens with zero attached hydrogens (tertiary/aromatic N) is 2. The summed E-state index contributed by atoms with van der Waals surface area (Å²) < 4.78 is 0. The quantitative estimate of drug-likeness (QED) is 0.205. The molecule has 188 valence electrons. The van der Waals surface area contributed by atoms with Gasteiger partial charge in [0.25, 0.3) is 0 Å². The van der Waals surface area contributed by atoms with Gasteiger partial charge in [0.05, 0.1) is 0 Å². The summed E-state index contributed by atoms with van der Waals surface area (Å²) in [6.07, 6.45) is 3.73. The van der Waals surface area contributed by atoms with E-state index in [0.29, 0.717) is 0 Å². The van der Waals surface area contributed by atoms with E-state index in [1.807, 2.05) is 23.2 Å². The van der Waals surface area contributed by atoms with Gasteiger partial charge in [-0.1, -0.05) is 84.9 Å². The molecule has 0 unspecified atom stereocenters. The zero-order valence-corrected chi connectivity index (χ0v) is 23.0. The highest BCUT2D eigenvalue weighted by atomic mass is 32.1. The van der Waals surface area contributed by atoms with Crippen molar-refractivity contribution in [3.05, 3.63) is 132 Å². The minimum Gasteiger partial charge on any atom is -0.245 e. The molecule has 0 fully saturated rings. The van der Waals surface area contributed by atoms with Crippen LogP contribution < -0.4 is 0 Å². The van der Waals surface area contributed by atoms with E-state index in [1.165, 1.54) is 54.6 Å². The van der Waals surface area contributed by atoms with Gasteiger partial charge in [-0.15, -0.1) is 22.7 Å². The number of thiazole rings is 2. The minimum atomic E-state index is 1.05. The summed E-state index contributed by atoms with van der Waals surface area (Å²) in [5.74, 6) is 0. The number of benzene rings is 6. The van der Waals surface area contributed by atoms with Gasteiger partial charge in [0.15, 0.2) is 0 Å². The van der Waals surface area contributed by atoms with Gasteiger partial charge in [0.1, 0.15) is 10.0 Å². The van der Waals surface area contributed by atoms with Crippen LogP contribution in [0.25, 0.3) is 75.7 Å². The van der Waals surface area contributed by atoms with Crippen LogP contribution in [-0.4, -0.2) is 9.97 Å². The van der Waals surface area contributed by atoms with Gasteiger partial charge < -0.3 is 0 Å². The second kappa shape index (κ2) is 9.53. The van der Waals surface area contributed by atoms with Crippen molar-refractivity contribution in [1.82, 2.24) is 9.97 Å². The Bertz CT molecular complexity index is 1980. The fourth-order valence-corrected chi connectivity index (χ4v) is 6.98. The Morgan fingerprint density at radius 3 is 1.23 bits per heavy atom. The van der Waals surface area contributed by atoms with Crippen LogP contribution in [0.1, 0.15) is 0 Å². The summed E-state index contributed by atoms with van der Waals surface area (Å²) in [7, 11) is 0. The van der Waals surface area contributed by atoms with Crippen LogP contribution in [0.15, 0.2) is 132 Å². The second-order valence-corrected chi connectivity index (χ2v) is 11.7. The molecule has 40 heavy (non-hydrogen) atoms. The maximum atomic E-state index is 4.51. The molecule has 0 bridgehead atoms. The fraction of sp³-hybridized carbons (Fsp3) is 0. The molecule has 0 amide bonds. The Kier molecular flexibility index (Phi) is 5.54. The normalized spacial score (nSPS) is 11.5. The smallest absolute Gasteiger partial charge is 0.123 e. The van der Waals surface area contributed by atoms with E-state index >= 15 is 0 Å². The molecule has 0 radical (unpaired) electrons. The first-order chi connectivity index (χ1) is 19.8. The molecule has 0 N–H and O–H groups in total. The third kappa shape index (κ3) is 3.92. The molecular weight excluding hydrogens is 525 g/mol. The van der Waals surface area contributed by atoms with Gasteiger partial charge in [-0.2, -0.15) is 0 Å². The van der Waals surface area contributed by atoms with Gasteiger partial charge in [0, 0.05) is 34.3 Å². The number of aromatic nitrogens is 2. The molecule has 4 heteroatoms. The first kappa shape index (κ1) is 23.3. The number of rotatable bonds is 4. The molecule has 2 aromatic heterocycles. The lowest BCUT2D eigenvalue weighted by molar-refractivity contribution is 1.41. The van der Waals surface area contributed by atoms with Crippen LogP contribution in [-0.2, 0) is 0 Å². The van der Waals surface area contributed by atoms with Crippen molar-refractivity contribution in [1.29, 1.82) is 0 Å². The lowest BCUT2D eigenvalue weighted by Crippen LogP contribution is -1.87. The molecule has 0 saturated carbocycles. The van der Waals surface area contributed by atoms with E-state index in [0.717, 1.165) is 21.1 Å². The monoisotopic (exact) mass is 546 g/mol. The first-order valence-electron chi connectivity index (χ1n) is 13.2. The predicted molar refractivity (Wildman–Crippen MR) is 172 cm³/mol. The third-order valence-electron chi connectivity index (χ3n) is 7.59. The fourth-order valence-electron chi connectivity index (χ4n) is 5.71. The molecular formula is C36H22N2S2. The topological polar surface area (TPSA) is 25.8 Å². The van der Waals surface area contributed by atoms with E-state index < -0.39 is 0 Å². The van der Waals surface area contributed by atoms with E-state index in [2.05, 4.69) is 119 Å². The number of fused-ring (bicyclic) bond motifs is 6. The zero-order chi connectivity index (χ0) is 26.5. The molecule has 8 aromatic rings. The van der Waals surface area contributed by atoms with Crippen LogP contribution in [0.3, 0.4) is 0 Å². The van der Waals surface area contributed by atoms with Gasteiger partial charge in [0.2, 0.25) is 0 Å². The van der Waals surface area contributed by atoms with Crippen molar-refractivity contribution in [3.8, 4) is 43.4 Å². The van der Waals surface area contributed by atoms with E-state index in [1.54, 1.807) is 22.7 Å². The van der Waals surface area contributed by atoms with E-state index in [9.17, 15) is 0 Å². The highest BCUT2D eigenvalue weighted by Gasteiger charge is 2.12. The molecule has 2 heterocycles. The van der Waals surface area contributed by atoms with Crippen LogP contribution in [0.5, 0.6) is 0 Å². The zero-order valence-electron chi connectivity index (χ0n) is 21.4. The van der Waals surface area contributed by atoms with E-state index in [4.69, 9.17) is 0 Å². The Labute approximate surface area is 239 Å². The van der Waals surface area contributed by atoms with Gasteiger partial charge >= 0.3 is 0 Å². The van der Waals surface area contributed by atoms with Gasteiger partial charge in [-0.05, 0) is 78.8 Å². The first-order valence-corrected chi connectivity index (χ1v) is 15.0. The van der Waals surface area contributed by atoms with Crippen LogP contribution >= 0.6 is 22.7 Å². The molecule has 2 nitrogen and oxygen atoms in total. The maximum absolute atomic E-state index is 4.51. The highest BCUT2D eigenvalue weighted by molar-refractivity contribution is 7.13. The Hall–Kier alpha value is -4.64. The Balaban J connectivity index is 1.30. The van der Waals surface area contributed by atoms with Crippen molar-refractivity contribution in [2.75, 3.05) is 0 Å². The maximum Gasteiger partial charge on any atom is 0.123 e. The Morgan fingerprint density at radius 2 is 0.775 bits per heavy atom. The van der Waals surface area contributed by atoms with E-state index in [-0.39, 0.29) is 0 Å². The third-order valence-corrected chi connectivity index (χ3v) is 9.23. The predicted octanol–water partition coefficient (Wildman–Crippen LogP) is 10.7. The van der Waals surface area contributed by atoms with Crippen LogP contribution in [0, 0.1) is 0 Å². The minimum absolute atomic E-state index is 1.05. The van der Waals surface area contributed by atoms with Crippen molar-refractivity contribution >= 4 is 55.0 Å². The van der Waals surface area contributed by atoms with Crippen LogP contribution in [0.4, 0.5) is 0 Å². The molecule has 0 aliphatic rings. The second-order valence-electron chi connectivity index (χ2n) is 9.90. The SMILES string of the molecule is c1cc(-c2ccc3c4ccc(-c5cccc(-c6nccs6)c5)cc4c4ccccc4c3c2)cc(-c2nccs2)c1. The Morgan fingerprint density at radius 1 is 0.350 bits per heavy atom. The van der Waals surface area contributed by atoms with Crippen molar-refractivity contribution in [3.63, 3.8) is 0 Å². The molecule has 6 aromatic carbocycles. The summed E-state index contributed by atoms with van der Waals surface area (Å²) in [4.78, 5) is 9.02. The number of hydrogen-bond donors (Lipinski definition) is 0. The van der Waals surface area contributed by atoms with Crippen molar-refractivity contribution < 1.29 is 0 Å². The molecule has 0 aliphatic carbocycles. The molecule has 0 aliphatic heterocycles. The summed E-state index contributed by atoms with van der Waals surface area (Å²) in [6, 6.07) is 40.0. The standard InChI is InChI=1S/C36H22N2S2/c1-2-10-30-29(9-1)33-21-25(23-5-3-7-27(19-23)35-37-15-17-39-35)11-13-31(33)32-14-12-26(22-34(30)32)24-6-4-8-28(20-24)36-38-16-18-40-36/h1-22H. The van der Waals surface area contributed by atoms with Gasteiger partial charge in [-0.3, -0.25) is 0 Å². The summed E-state index contributed by atoms with van der Waals surface area (Å²) in [5, 5.41) is 13.8. The lowest BCUT2D eigenvalue weighted by atomic mass is 9.90. The summed E-state index contributed by atoms with van der Waals surface area (Å²) in [5.41, 5.74) is 7.14. The van der Waals surface area contributed by atoms with Crippen molar-refractivity contribution in [2.24, 2.45) is 0 Å². The average Bonchev–Trinajstić information content (AvgIpc) is 3.77. The van der Waals surface area contributed by atoms with Crippen LogP contribution in [0.2, 0.25) is 0 Å². The number of hydrogen-bond acceptors (Lipinski definition) is 4. The summed E-state index contributed by atoms with van der Waals surface area (Å²) >= 11 is 3.34. The lowest BCUT2D eigenvalue weighted by Gasteiger charge is -2.14. The summed E-state index contributed by atoms with van der Waals surface area (Å²) in [6.45, 7) is 0.